The van der Waals surface area contributed by atoms with Crippen molar-refractivity contribution >= 4 is 27.8 Å². The minimum absolute atomic E-state index is 0.0840. The van der Waals surface area contributed by atoms with Crippen molar-refractivity contribution in [2.24, 2.45) is 0 Å². The van der Waals surface area contributed by atoms with Crippen LogP contribution in [0.1, 0.15) is 26.3 Å². The van der Waals surface area contributed by atoms with Crippen LogP contribution in [0.25, 0.3) is 0 Å². The average Bonchev–Trinajstić information content (AvgIpc) is 2.55. The van der Waals surface area contributed by atoms with Gasteiger partial charge in [0.1, 0.15) is 0 Å². The maximum Gasteiger partial charge on any atom is 0.264 e. The molecule has 0 atom stereocenters. The van der Waals surface area contributed by atoms with E-state index in [0.717, 1.165) is 5.56 Å². The fraction of sp³-hybridized carbons (Fsp3) is 0.533. The van der Waals surface area contributed by atoms with Crippen LogP contribution in [-0.2, 0) is 35.1 Å². The standard InChI is InChI=1S/C15H23NO6S2/c1-5-21-22-23-11-10-12-6-8-13(9-7-12)24(18,19)15(2,3)14(17)16-20-4/h6-9H,5,10-11H2,1-4H3,(H,16,17). The Bertz CT molecular complexity index is 628. The summed E-state index contributed by atoms with van der Waals surface area (Å²) >= 11 is 1.19. The second-order valence-electron chi connectivity index (χ2n) is 5.34. The Morgan fingerprint density at radius 1 is 1.25 bits per heavy atom. The molecule has 0 unspecified atom stereocenters. The molecule has 24 heavy (non-hydrogen) atoms. The summed E-state index contributed by atoms with van der Waals surface area (Å²) < 4.78 is 28.5. The summed E-state index contributed by atoms with van der Waals surface area (Å²) in [5.41, 5.74) is 3.03. The summed E-state index contributed by atoms with van der Waals surface area (Å²) in [6.45, 7) is 4.98. The Morgan fingerprint density at radius 2 is 1.88 bits per heavy atom. The lowest BCUT2D eigenvalue weighted by molar-refractivity contribution is -0.185. The van der Waals surface area contributed by atoms with Gasteiger partial charge in [-0.05, 0) is 44.9 Å². The van der Waals surface area contributed by atoms with E-state index in [1.807, 2.05) is 6.92 Å². The van der Waals surface area contributed by atoms with E-state index in [-0.39, 0.29) is 4.90 Å². The highest BCUT2D eigenvalue weighted by Gasteiger charge is 2.43. The van der Waals surface area contributed by atoms with Crippen LogP contribution in [0.15, 0.2) is 29.2 Å². The number of rotatable bonds is 10. The summed E-state index contributed by atoms with van der Waals surface area (Å²) in [4.78, 5) is 21.3. The molecule has 7 nitrogen and oxygen atoms in total. The van der Waals surface area contributed by atoms with Crippen LogP contribution in [0.2, 0.25) is 0 Å². The quantitative estimate of drug-likeness (QED) is 0.289. The molecule has 1 aromatic rings. The molecule has 1 N–H and O–H groups in total. The molecule has 0 aromatic heterocycles. The summed E-state index contributed by atoms with van der Waals surface area (Å²) in [6, 6.07) is 6.44. The third-order valence-electron chi connectivity index (χ3n) is 3.34. The van der Waals surface area contributed by atoms with Crippen LogP contribution in [0.5, 0.6) is 0 Å². The monoisotopic (exact) mass is 377 g/mol. The molecule has 0 aliphatic heterocycles. The molecule has 0 saturated heterocycles. The Balaban J connectivity index is 2.78. The van der Waals surface area contributed by atoms with Gasteiger partial charge in [-0.2, -0.15) is 4.33 Å². The van der Waals surface area contributed by atoms with Gasteiger partial charge in [0.15, 0.2) is 14.6 Å². The maximum absolute atomic E-state index is 12.7. The third-order valence-corrected chi connectivity index (χ3v) is 6.32. The smallest absolute Gasteiger partial charge is 0.264 e. The first kappa shape index (κ1) is 20.9. The van der Waals surface area contributed by atoms with E-state index in [9.17, 15) is 13.2 Å². The number of aryl methyl sites for hydroxylation is 1. The Labute approximate surface area is 147 Å². The number of sulfone groups is 1. The number of carbonyl (C=O) groups is 1. The fourth-order valence-electron chi connectivity index (χ4n) is 1.74. The molecule has 0 fully saturated rings. The summed E-state index contributed by atoms with van der Waals surface area (Å²) in [5.74, 6) is -0.0491. The van der Waals surface area contributed by atoms with E-state index in [2.05, 4.69) is 10.3 Å². The van der Waals surface area contributed by atoms with Gasteiger partial charge in [-0.1, -0.05) is 12.1 Å². The lowest BCUT2D eigenvalue weighted by Crippen LogP contribution is -2.47. The van der Waals surface area contributed by atoms with Crippen molar-refractivity contribution in [2.45, 2.75) is 36.8 Å². The highest BCUT2D eigenvalue weighted by Crippen LogP contribution is 2.26. The van der Waals surface area contributed by atoms with Gasteiger partial charge in [0.25, 0.3) is 5.91 Å². The van der Waals surface area contributed by atoms with Gasteiger partial charge in [0.05, 0.1) is 18.6 Å². The summed E-state index contributed by atoms with van der Waals surface area (Å²) in [7, 11) is -2.60. The molecule has 1 rings (SSSR count). The van der Waals surface area contributed by atoms with Crippen LogP contribution in [-0.4, -0.2) is 38.5 Å². The first-order chi connectivity index (χ1) is 11.3. The predicted octanol–water partition coefficient (Wildman–Crippen LogP) is 2.08. The molecule has 136 valence electrons. The molecule has 0 aliphatic carbocycles. The lowest BCUT2D eigenvalue weighted by Gasteiger charge is -2.23. The predicted molar refractivity (Wildman–Crippen MR) is 91.7 cm³/mol. The van der Waals surface area contributed by atoms with E-state index in [1.165, 1.54) is 45.1 Å². The lowest BCUT2D eigenvalue weighted by atomic mass is 10.2. The van der Waals surface area contributed by atoms with Crippen molar-refractivity contribution in [1.29, 1.82) is 0 Å². The van der Waals surface area contributed by atoms with Crippen molar-refractivity contribution in [3.05, 3.63) is 29.8 Å². The first-order valence-corrected chi connectivity index (χ1v) is 9.74. The van der Waals surface area contributed by atoms with Crippen LogP contribution in [0.3, 0.4) is 0 Å². The van der Waals surface area contributed by atoms with Gasteiger partial charge < -0.3 is 0 Å². The second-order valence-corrected chi connectivity index (χ2v) is 8.62. The number of hydroxylamine groups is 1. The molecular weight excluding hydrogens is 354 g/mol. The van der Waals surface area contributed by atoms with Crippen LogP contribution >= 0.6 is 12.0 Å². The number of amides is 1. The average molecular weight is 377 g/mol. The number of hydrogen-bond donors (Lipinski definition) is 1. The zero-order valence-electron chi connectivity index (χ0n) is 14.2. The molecule has 1 aromatic carbocycles. The Kier molecular flexibility index (Phi) is 8.17. The van der Waals surface area contributed by atoms with Crippen molar-refractivity contribution in [1.82, 2.24) is 5.48 Å². The topological polar surface area (TPSA) is 90.9 Å². The normalized spacial score (nSPS) is 12.2. The van der Waals surface area contributed by atoms with Crippen molar-refractivity contribution in [3.8, 4) is 0 Å². The van der Waals surface area contributed by atoms with Gasteiger partial charge in [0.2, 0.25) is 0 Å². The summed E-state index contributed by atoms with van der Waals surface area (Å²) in [5, 5.41) is 0. The van der Waals surface area contributed by atoms with Gasteiger partial charge >= 0.3 is 0 Å². The van der Waals surface area contributed by atoms with Crippen LogP contribution < -0.4 is 5.48 Å². The molecular formula is C15H23NO6S2. The molecule has 0 spiro atoms. The second kappa shape index (κ2) is 9.38. The zero-order valence-corrected chi connectivity index (χ0v) is 15.8. The van der Waals surface area contributed by atoms with E-state index in [4.69, 9.17) is 9.22 Å². The van der Waals surface area contributed by atoms with E-state index >= 15 is 0 Å². The largest absolute Gasteiger partial charge is 0.277 e. The van der Waals surface area contributed by atoms with Gasteiger partial charge in [-0.25, -0.2) is 18.8 Å². The number of benzene rings is 1. The molecule has 0 radical (unpaired) electrons. The zero-order chi connectivity index (χ0) is 18.2. The van der Waals surface area contributed by atoms with Crippen molar-refractivity contribution in [2.75, 3.05) is 19.5 Å². The number of carbonyl (C=O) groups excluding carboxylic acids is 1. The molecule has 0 heterocycles. The first-order valence-electron chi connectivity index (χ1n) is 7.35. The third kappa shape index (κ3) is 5.18. The highest BCUT2D eigenvalue weighted by molar-refractivity contribution is 7.94. The fourth-order valence-corrected chi connectivity index (χ4v) is 3.66. The number of nitrogens with one attached hydrogen (secondary N) is 1. The molecule has 0 aliphatic rings. The molecule has 0 bridgehead atoms. The SMILES string of the molecule is CCOOSCCc1ccc(S(=O)(=O)C(C)(C)C(=O)NOC)cc1. The van der Waals surface area contributed by atoms with Gasteiger partial charge in [0, 0.05) is 17.8 Å². The van der Waals surface area contributed by atoms with Crippen molar-refractivity contribution in [3.63, 3.8) is 0 Å². The summed E-state index contributed by atoms with van der Waals surface area (Å²) in [6.07, 6.45) is 0.700. The number of hydrogen-bond acceptors (Lipinski definition) is 7. The minimum Gasteiger partial charge on any atom is -0.277 e. The van der Waals surface area contributed by atoms with Gasteiger partial charge in [-0.3, -0.25) is 9.63 Å². The van der Waals surface area contributed by atoms with E-state index < -0.39 is 20.5 Å². The maximum atomic E-state index is 12.7. The minimum atomic E-state index is -3.85. The highest BCUT2D eigenvalue weighted by atomic mass is 32.2. The Morgan fingerprint density at radius 3 is 2.42 bits per heavy atom. The molecule has 9 heteroatoms. The van der Waals surface area contributed by atoms with E-state index in [1.54, 1.807) is 12.1 Å². The van der Waals surface area contributed by atoms with Crippen LogP contribution in [0.4, 0.5) is 0 Å². The Hall–Kier alpha value is -1.13. The van der Waals surface area contributed by atoms with E-state index in [0.29, 0.717) is 18.8 Å². The molecule has 0 saturated carbocycles. The van der Waals surface area contributed by atoms with Gasteiger partial charge in [-0.15, -0.1) is 0 Å². The van der Waals surface area contributed by atoms with Crippen molar-refractivity contribution < 1.29 is 27.3 Å². The van der Waals surface area contributed by atoms with Crippen LogP contribution in [0, 0.1) is 0 Å². The molecule has 1 amide bonds.